The van der Waals surface area contributed by atoms with Gasteiger partial charge < -0.3 is 20.3 Å². The normalized spacial score (nSPS) is 25.5. The molecule has 0 spiro atoms. The summed E-state index contributed by atoms with van der Waals surface area (Å²) in [6.45, 7) is 6.14. The van der Waals surface area contributed by atoms with E-state index < -0.39 is 0 Å². The van der Waals surface area contributed by atoms with E-state index in [2.05, 4.69) is 53.6 Å². The van der Waals surface area contributed by atoms with Crippen LogP contribution in [-0.2, 0) is 4.74 Å². The van der Waals surface area contributed by atoms with Gasteiger partial charge in [0.2, 0.25) is 0 Å². The fourth-order valence-electron chi connectivity index (χ4n) is 2.72. The zero-order valence-electron chi connectivity index (χ0n) is 12.6. The summed E-state index contributed by atoms with van der Waals surface area (Å²) < 4.78 is 5.78. The first-order valence-corrected chi connectivity index (χ1v) is 8.09. The second kappa shape index (κ2) is 6.20. The summed E-state index contributed by atoms with van der Waals surface area (Å²) in [6.07, 6.45) is 3.02. The molecular weight excluding hydrogens is 282 g/mol. The van der Waals surface area contributed by atoms with Crippen molar-refractivity contribution in [1.29, 1.82) is 0 Å². The van der Waals surface area contributed by atoms with Crippen LogP contribution in [0.4, 0.5) is 11.4 Å². The summed E-state index contributed by atoms with van der Waals surface area (Å²) in [4.78, 5) is 2.38. The van der Waals surface area contributed by atoms with Crippen molar-refractivity contribution in [2.45, 2.75) is 44.9 Å². The van der Waals surface area contributed by atoms with E-state index in [9.17, 15) is 0 Å². The number of morpholine rings is 1. The minimum absolute atomic E-state index is 0.280. The molecule has 0 aromatic heterocycles. The average Bonchev–Trinajstić information content (AvgIpc) is 3.22. The van der Waals surface area contributed by atoms with E-state index in [1.165, 1.54) is 18.5 Å². The van der Waals surface area contributed by atoms with Crippen LogP contribution in [0.3, 0.4) is 0 Å². The van der Waals surface area contributed by atoms with Gasteiger partial charge in [-0.25, -0.2) is 0 Å². The summed E-state index contributed by atoms with van der Waals surface area (Å²) in [6, 6.07) is 9.04. The summed E-state index contributed by atoms with van der Waals surface area (Å²) >= 11 is 5.29. The summed E-state index contributed by atoms with van der Waals surface area (Å²) in [5.74, 6) is 0. The maximum atomic E-state index is 5.78. The zero-order valence-corrected chi connectivity index (χ0v) is 13.5. The fraction of sp³-hybridized carbons (Fsp3) is 0.562. The van der Waals surface area contributed by atoms with Crippen LogP contribution < -0.4 is 15.5 Å². The van der Waals surface area contributed by atoms with E-state index >= 15 is 0 Å². The van der Waals surface area contributed by atoms with Gasteiger partial charge in [-0.15, -0.1) is 0 Å². The molecule has 2 N–H and O–H groups in total. The Balaban J connectivity index is 1.59. The highest BCUT2D eigenvalue weighted by Gasteiger charge is 2.23. The maximum absolute atomic E-state index is 5.78. The first kappa shape index (κ1) is 14.6. The lowest BCUT2D eigenvalue weighted by molar-refractivity contribution is -0.00521. The van der Waals surface area contributed by atoms with Gasteiger partial charge in [0.1, 0.15) is 0 Å². The molecule has 1 aromatic rings. The minimum Gasteiger partial charge on any atom is -0.372 e. The maximum Gasteiger partial charge on any atom is 0.170 e. The molecule has 1 saturated carbocycles. The van der Waals surface area contributed by atoms with Gasteiger partial charge in [-0.2, -0.15) is 0 Å². The largest absolute Gasteiger partial charge is 0.372 e. The molecule has 0 amide bonds. The van der Waals surface area contributed by atoms with Gasteiger partial charge >= 0.3 is 0 Å². The minimum atomic E-state index is 0.280. The summed E-state index contributed by atoms with van der Waals surface area (Å²) in [5.41, 5.74) is 2.27. The molecule has 0 unspecified atom stereocenters. The third-order valence-corrected chi connectivity index (χ3v) is 4.04. The van der Waals surface area contributed by atoms with Crippen molar-refractivity contribution in [3.05, 3.63) is 24.3 Å². The number of hydrogen-bond donors (Lipinski definition) is 2. The first-order valence-electron chi connectivity index (χ1n) is 7.68. The number of nitrogens with one attached hydrogen (secondary N) is 2. The molecule has 0 bridgehead atoms. The van der Waals surface area contributed by atoms with Crippen molar-refractivity contribution in [3.63, 3.8) is 0 Å². The molecule has 1 saturated heterocycles. The van der Waals surface area contributed by atoms with Crippen molar-refractivity contribution in [2.24, 2.45) is 0 Å². The molecule has 3 rings (SSSR count). The van der Waals surface area contributed by atoms with Gasteiger partial charge in [-0.3, -0.25) is 0 Å². The molecule has 2 aliphatic rings. The average molecular weight is 305 g/mol. The van der Waals surface area contributed by atoms with Crippen LogP contribution in [0.15, 0.2) is 24.3 Å². The van der Waals surface area contributed by atoms with Gasteiger partial charge in [0.05, 0.1) is 12.2 Å². The molecule has 0 radical (unpaired) electrons. The summed E-state index contributed by atoms with van der Waals surface area (Å²) in [5, 5.41) is 7.24. The van der Waals surface area contributed by atoms with E-state index in [4.69, 9.17) is 17.0 Å². The lowest BCUT2D eigenvalue weighted by Gasteiger charge is -2.36. The third kappa shape index (κ3) is 4.08. The zero-order chi connectivity index (χ0) is 14.8. The van der Waals surface area contributed by atoms with Crippen LogP contribution in [0.5, 0.6) is 0 Å². The number of hydrogen-bond acceptors (Lipinski definition) is 3. The van der Waals surface area contributed by atoms with Gasteiger partial charge in [-0.1, -0.05) is 0 Å². The van der Waals surface area contributed by atoms with Crippen molar-refractivity contribution in [3.8, 4) is 0 Å². The monoisotopic (exact) mass is 305 g/mol. The molecule has 1 aromatic carbocycles. The van der Waals surface area contributed by atoms with Gasteiger partial charge in [-0.05, 0) is 63.2 Å². The number of anilines is 2. The Morgan fingerprint density at radius 1 is 1.14 bits per heavy atom. The molecule has 21 heavy (non-hydrogen) atoms. The Labute approximate surface area is 131 Å². The Morgan fingerprint density at radius 3 is 2.33 bits per heavy atom. The van der Waals surface area contributed by atoms with E-state index in [-0.39, 0.29) is 12.2 Å². The second-order valence-corrected chi connectivity index (χ2v) is 6.49. The predicted molar refractivity (Wildman–Crippen MR) is 91.0 cm³/mol. The lowest BCUT2D eigenvalue weighted by atomic mass is 10.2. The van der Waals surface area contributed by atoms with Gasteiger partial charge in [0, 0.05) is 30.5 Å². The van der Waals surface area contributed by atoms with Gasteiger partial charge in [0.25, 0.3) is 0 Å². The highest BCUT2D eigenvalue weighted by atomic mass is 32.1. The quantitative estimate of drug-likeness (QED) is 0.840. The van der Waals surface area contributed by atoms with E-state index in [0.717, 1.165) is 23.9 Å². The van der Waals surface area contributed by atoms with Crippen LogP contribution in [-0.4, -0.2) is 36.5 Å². The number of benzene rings is 1. The van der Waals surface area contributed by atoms with Crippen LogP contribution in [0.2, 0.25) is 0 Å². The van der Waals surface area contributed by atoms with E-state index in [0.29, 0.717) is 6.04 Å². The predicted octanol–water partition coefficient (Wildman–Crippen LogP) is 2.75. The molecule has 1 heterocycles. The highest BCUT2D eigenvalue weighted by Crippen LogP contribution is 2.23. The number of nitrogens with zero attached hydrogens (tertiary/aromatic N) is 1. The van der Waals surface area contributed by atoms with E-state index in [1.54, 1.807) is 0 Å². The Hall–Kier alpha value is -1.33. The Kier molecular flexibility index (Phi) is 4.31. The number of ether oxygens (including phenoxy) is 1. The Bertz CT molecular complexity index is 491. The summed E-state index contributed by atoms with van der Waals surface area (Å²) in [7, 11) is 0. The molecular formula is C16H23N3OS. The van der Waals surface area contributed by atoms with Crippen LogP contribution in [0.1, 0.15) is 26.7 Å². The molecule has 5 heteroatoms. The highest BCUT2D eigenvalue weighted by molar-refractivity contribution is 7.80. The molecule has 114 valence electrons. The standard InChI is InChI=1S/C16H23N3OS/c1-11-9-19(10-12(2)20-11)15-7-5-14(6-8-15)18-16(21)17-13-3-4-13/h5-8,11-13H,3-4,9-10H2,1-2H3,(H2,17,18,21)/t11-,12+. The number of rotatable bonds is 3. The van der Waals surface area contributed by atoms with Crippen molar-refractivity contribution >= 4 is 28.7 Å². The SMILES string of the molecule is C[C@@H]1CN(c2ccc(NC(=S)NC3CC3)cc2)C[C@H](C)O1. The van der Waals surface area contributed by atoms with Crippen LogP contribution in [0, 0.1) is 0 Å². The molecule has 2 fully saturated rings. The van der Waals surface area contributed by atoms with Crippen LogP contribution in [0.25, 0.3) is 0 Å². The smallest absolute Gasteiger partial charge is 0.170 e. The molecule has 1 aliphatic heterocycles. The molecule has 2 atom stereocenters. The van der Waals surface area contributed by atoms with Crippen molar-refractivity contribution < 1.29 is 4.74 Å². The lowest BCUT2D eigenvalue weighted by Crippen LogP contribution is -2.45. The fourth-order valence-corrected chi connectivity index (χ4v) is 3.01. The topological polar surface area (TPSA) is 36.5 Å². The van der Waals surface area contributed by atoms with Crippen molar-refractivity contribution in [2.75, 3.05) is 23.3 Å². The first-order chi connectivity index (χ1) is 10.1. The molecule has 4 nitrogen and oxygen atoms in total. The molecule has 1 aliphatic carbocycles. The van der Waals surface area contributed by atoms with Crippen LogP contribution >= 0.6 is 12.2 Å². The Morgan fingerprint density at radius 2 is 1.76 bits per heavy atom. The third-order valence-electron chi connectivity index (χ3n) is 3.82. The second-order valence-electron chi connectivity index (χ2n) is 6.08. The number of thiocarbonyl (C=S) groups is 1. The van der Waals surface area contributed by atoms with Gasteiger partial charge in [0.15, 0.2) is 5.11 Å². The van der Waals surface area contributed by atoms with E-state index in [1.807, 2.05) is 0 Å². The van der Waals surface area contributed by atoms with Crippen molar-refractivity contribution in [1.82, 2.24) is 5.32 Å².